The van der Waals surface area contributed by atoms with E-state index in [2.05, 4.69) is 87.5 Å². The smallest absolute Gasteiger partial charge is 0.00761 e. The second-order valence-corrected chi connectivity index (χ2v) is 5.73. The third-order valence-corrected chi connectivity index (χ3v) is 3.98. The second kappa shape index (κ2) is 9.08. The topological polar surface area (TPSA) is 0 Å². The Hall–Kier alpha value is -2.34. The van der Waals surface area contributed by atoms with Crippen LogP contribution in [0.1, 0.15) is 39.0 Å². The minimum Gasteiger partial charge on any atom is -0.0776 e. The molecule has 0 spiro atoms. The zero-order chi connectivity index (χ0) is 14.8. The Morgan fingerprint density at radius 3 is 1.46 bits per heavy atom. The molecule has 3 rings (SSSR count). The molecule has 0 nitrogen and oxygen atoms in total. The van der Waals surface area contributed by atoms with Crippen LogP contribution >= 0.6 is 0 Å². The van der Waals surface area contributed by atoms with Gasteiger partial charge in [-0.15, -0.1) is 0 Å². The molecule has 0 saturated carbocycles. The van der Waals surface area contributed by atoms with Crippen molar-refractivity contribution < 1.29 is 0 Å². The van der Waals surface area contributed by atoms with Crippen LogP contribution in [0.2, 0.25) is 0 Å². The molecule has 0 heteroatoms. The predicted molar refractivity (Wildman–Crippen MR) is 112 cm³/mol. The van der Waals surface area contributed by atoms with E-state index in [1.54, 1.807) is 0 Å². The van der Waals surface area contributed by atoms with E-state index in [4.69, 9.17) is 0 Å². The quantitative estimate of drug-likeness (QED) is 0.451. The zero-order valence-electron chi connectivity index (χ0n) is 12.9. The number of aryl methyl sites for hydroxylation is 3. The van der Waals surface area contributed by atoms with Crippen LogP contribution in [0.3, 0.4) is 0 Å². The maximum atomic E-state index is 2.22. The highest BCUT2D eigenvalue weighted by molar-refractivity contribution is 5.85. The largest absolute Gasteiger partial charge is 0.0776 e. The Morgan fingerprint density at radius 1 is 0.500 bits per heavy atom. The lowest BCUT2D eigenvalue weighted by molar-refractivity contribution is 1.42. The van der Waals surface area contributed by atoms with Crippen LogP contribution in [0.5, 0.6) is 0 Å². The van der Waals surface area contributed by atoms with Gasteiger partial charge in [-0.25, -0.2) is 0 Å². The van der Waals surface area contributed by atoms with Crippen LogP contribution in [0, 0.1) is 20.8 Å². The third kappa shape index (κ3) is 4.35. The maximum absolute atomic E-state index is 2.22. The highest BCUT2D eigenvalue weighted by atomic mass is 14.1. The molecule has 3 aromatic rings. The molecule has 0 N–H and O–H groups in total. The van der Waals surface area contributed by atoms with E-state index < -0.39 is 0 Å². The van der Waals surface area contributed by atoms with Gasteiger partial charge in [0.15, 0.2) is 0 Å². The Labute approximate surface area is 149 Å². The van der Waals surface area contributed by atoms with Gasteiger partial charge in [0.05, 0.1) is 0 Å². The molecule has 0 radical (unpaired) electrons. The summed E-state index contributed by atoms with van der Waals surface area (Å²) in [5.41, 5.74) is 9.11. The normalized spacial score (nSPS) is 9.29. The summed E-state index contributed by atoms with van der Waals surface area (Å²) >= 11 is 0. The zero-order valence-corrected chi connectivity index (χ0v) is 12.9. The maximum Gasteiger partial charge on any atom is -0.00761 e. The average molecular weight is 321 g/mol. The van der Waals surface area contributed by atoms with E-state index >= 15 is 0 Å². The molecule has 0 heterocycles. The van der Waals surface area contributed by atoms with Gasteiger partial charge in [0.1, 0.15) is 0 Å². The van der Waals surface area contributed by atoms with Crippen LogP contribution in [0.4, 0.5) is 0 Å². The van der Waals surface area contributed by atoms with E-state index in [1.165, 1.54) is 38.9 Å². The Balaban J connectivity index is 0.00000176. The van der Waals surface area contributed by atoms with Crippen molar-refractivity contribution in [2.45, 2.75) is 43.1 Å². The first-order valence-corrected chi connectivity index (χ1v) is 7.39. The standard InChI is InChI=1S/C21H20.3CH4/c1-15-7-11-18(12-8-15)20-6-4-5-17(3)21(20)19-13-9-16(2)10-14-19;;;/h4-14H,1-3H3;3*1H4. The fourth-order valence-electron chi connectivity index (χ4n) is 2.74. The molecule has 24 heavy (non-hydrogen) atoms. The molecule has 0 fully saturated rings. The molecular formula is C24H32. The van der Waals surface area contributed by atoms with Crippen LogP contribution < -0.4 is 0 Å². The molecule has 0 aliphatic rings. The molecule has 0 amide bonds. The summed E-state index contributed by atoms with van der Waals surface area (Å²) in [5.74, 6) is 0. The molecule has 0 bridgehead atoms. The predicted octanol–water partition coefficient (Wildman–Crippen LogP) is 7.85. The van der Waals surface area contributed by atoms with Crippen molar-refractivity contribution in [3.63, 3.8) is 0 Å². The molecule has 0 unspecified atom stereocenters. The van der Waals surface area contributed by atoms with Crippen molar-refractivity contribution in [3.05, 3.63) is 83.4 Å². The van der Waals surface area contributed by atoms with Crippen molar-refractivity contribution in [1.29, 1.82) is 0 Å². The Kier molecular flexibility index (Phi) is 8.19. The summed E-state index contributed by atoms with van der Waals surface area (Å²) in [6.45, 7) is 6.44. The van der Waals surface area contributed by atoms with Crippen molar-refractivity contribution >= 4 is 0 Å². The summed E-state index contributed by atoms with van der Waals surface area (Å²) in [5, 5.41) is 0. The van der Waals surface area contributed by atoms with E-state index in [9.17, 15) is 0 Å². The molecule has 3 aromatic carbocycles. The number of rotatable bonds is 2. The fourth-order valence-corrected chi connectivity index (χ4v) is 2.74. The van der Waals surface area contributed by atoms with Gasteiger partial charge in [-0.2, -0.15) is 0 Å². The van der Waals surface area contributed by atoms with Gasteiger partial charge in [0, 0.05) is 0 Å². The third-order valence-electron chi connectivity index (χ3n) is 3.98. The van der Waals surface area contributed by atoms with E-state index in [0.717, 1.165) is 0 Å². The monoisotopic (exact) mass is 320 g/mol. The average Bonchev–Trinajstić information content (AvgIpc) is 2.49. The summed E-state index contributed by atoms with van der Waals surface area (Å²) in [7, 11) is 0. The lowest BCUT2D eigenvalue weighted by Crippen LogP contribution is -1.89. The number of hydrogen-bond donors (Lipinski definition) is 0. The van der Waals surface area contributed by atoms with Gasteiger partial charge in [0.25, 0.3) is 0 Å². The summed E-state index contributed by atoms with van der Waals surface area (Å²) < 4.78 is 0. The van der Waals surface area contributed by atoms with Gasteiger partial charge in [-0.3, -0.25) is 0 Å². The molecule has 0 aromatic heterocycles. The highest BCUT2D eigenvalue weighted by Gasteiger charge is 2.09. The molecule has 0 atom stereocenters. The molecule has 0 aliphatic heterocycles. The summed E-state index contributed by atoms with van der Waals surface area (Å²) in [6, 6.07) is 24.1. The van der Waals surface area contributed by atoms with Crippen LogP contribution in [0.15, 0.2) is 66.7 Å². The van der Waals surface area contributed by atoms with Crippen LogP contribution in [-0.2, 0) is 0 Å². The van der Waals surface area contributed by atoms with E-state index in [-0.39, 0.29) is 22.3 Å². The van der Waals surface area contributed by atoms with E-state index in [1.807, 2.05) is 0 Å². The minimum absolute atomic E-state index is 0. The molecule has 128 valence electrons. The fraction of sp³-hybridized carbons (Fsp3) is 0.250. The summed E-state index contributed by atoms with van der Waals surface area (Å²) in [4.78, 5) is 0. The number of benzene rings is 3. The van der Waals surface area contributed by atoms with Gasteiger partial charge < -0.3 is 0 Å². The first kappa shape index (κ1) is 21.7. The van der Waals surface area contributed by atoms with Crippen molar-refractivity contribution in [3.8, 4) is 22.3 Å². The highest BCUT2D eigenvalue weighted by Crippen LogP contribution is 2.34. The van der Waals surface area contributed by atoms with Gasteiger partial charge in [-0.1, -0.05) is 100 Å². The first-order valence-electron chi connectivity index (χ1n) is 7.39. The van der Waals surface area contributed by atoms with Gasteiger partial charge in [-0.05, 0) is 48.6 Å². The lowest BCUT2D eigenvalue weighted by Gasteiger charge is -2.14. The Morgan fingerprint density at radius 2 is 0.958 bits per heavy atom. The Bertz CT molecular complexity index is 747. The molecule has 0 aliphatic carbocycles. The van der Waals surface area contributed by atoms with Gasteiger partial charge in [0.2, 0.25) is 0 Å². The van der Waals surface area contributed by atoms with Crippen molar-refractivity contribution in [1.82, 2.24) is 0 Å². The molecular weight excluding hydrogens is 288 g/mol. The first-order chi connectivity index (χ1) is 10.1. The summed E-state index contributed by atoms with van der Waals surface area (Å²) in [6.07, 6.45) is 0. The van der Waals surface area contributed by atoms with E-state index in [0.29, 0.717) is 0 Å². The van der Waals surface area contributed by atoms with Gasteiger partial charge >= 0.3 is 0 Å². The second-order valence-electron chi connectivity index (χ2n) is 5.73. The minimum atomic E-state index is 0. The van der Waals surface area contributed by atoms with Crippen molar-refractivity contribution in [2.75, 3.05) is 0 Å². The molecule has 0 saturated heterocycles. The van der Waals surface area contributed by atoms with Crippen molar-refractivity contribution in [2.24, 2.45) is 0 Å². The van der Waals surface area contributed by atoms with Crippen LogP contribution in [0.25, 0.3) is 22.3 Å². The SMILES string of the molecule is C.C.C.Cc1ccc(-c2cccc(C)c2-c2ccc(C)cc2)cc1. The van der Waals surface area contributed by atoms with Crippen LogP contribution in [-0.4, -0.2) is 0 Å². The lowest BCUT2D eigenvalue weighted by atomic mass is 9.90. The number of hydrogen-bond acceptors (Lipinski definition) is 0.